The Bertz CT molecular complexity index is 699. The molecule has 0 saturated carbocycles. The SMILES string of the molecule is Cc1ccc(O)c(C(=O)NNc2ccccc2C(F)(F)F)c1. The quantitative estimate of drug-likeness (QED) is 0.761. The number of carbonyl (C=O) groups excluding carboxylic acids is 1. The Labute approximate surface area is 124 Å². The van der Waals surface area contributed by atoms with Crippen molar-refractivity contribution in [3.05, 3.63) is 59.2 Å². The number of amides is 1. The Balaban J connectivity index is 2.17. The number of phenolic OH excluding ortho intramolecular Hbond substituents is 1. The van der Waals surface area contributed by atoms with Crippen molar-refractivity contribution in [3.63, 3.8) is 0 Å². The van der Waals surface area contributed by atoms with E-state index in [-0.39, 0.29) is 17.0 Å². The molecule has 0 aliphatic heterocycles. The van der Waals surface area contributed by atoms with Gasteiger partial charge in [-0.25, -0.2) is 0 Å². The monoisotopic (exact) mass is 310 g/mol. The summed E-state index contributed by atoms with van der Waals surface area (Å²) in [5, 5.41) is 9.62. The summed E-state index contributed by atoms with van der Waals surface area (Å²) in [6.45, 7) is 1.72. The zero-order chi connectivity index (χ0) is 16.3. The van der Waals surface area contributed by atoms with Gasteiger partial charge in [-0.1, -0.05) is 23.8 Å². The predicted octanol–water partition coefficient (Wildman–Crippen LogP) is 3.48. The van der Waals surface area contributed by atoms with Gasteiger partial charge < -0.3 is 5.11 Å². The van der Waals surface area contributed by atoms with Gasteiger partial charge in [0.25, 0.3) is 5.91 Å². The van der Waals surface area contributed by atoms with E-state index in [1.807, 2.05) is 0 Å². The topological polar surface area (TPSA) is 61.4 Å². The number of para-hydroxylation sites is 1. The van der Waals surface area contributed by atoms with Crippen LogP contribution in [-0.4, -0.2) is 11.0 Å². The van der Waals surface area contributed by atoms with Crippen LogP contribution >= 0.6 is 0 Å². The van der Waals surface area contributed by atoms with Crippen molar-refractivity contribution in [2.45, 2.75) is 13.1 Å². The molecule has 2 aromatic rings. The minimum absolute atomic E-state index is 0.0306. The third-order valence-electron chi connectivity index (χ3n) is 2.94. The van der Waals surface area contributed by atoms with Gasteiger partial charge in [0.05, 0.1) is 16.8 Å². The van der Waals surface area contributed by atoms with Crippen molar-refractivity contribution in [2.75, 3.05) is 5.43 Å². The highest BCUT2D eigenvalue weighted by Gasteiger charge is 2.33. The molecule has 0 aliphatic carbocycles. The number of rotatable bonds is 3. The van der Waals surface area contributed by atoms with Gasteiger partial charge in [-0.2, -0.15) is 13.2 Å². The lowest BCUT2D eigenvalue weighted by Gasteiger charge is -2.15. The number of phenols is 1. The number of aromatic hydroxyl groups is 1. The summed E-state index contributed by atoms with van der Waals surface area (Å²) >= 11 is 0. The van der Waals surface area contributed by atoms with Gasteiger partial charge in [0.1, 0.15) is 5.75 Å². The van der Waals surface area contributed by atoms with Crippen molar-refractivity contribution in [1.82, 2.24) is 5.43 Å². The first-order valence-electron chi connectivity index (χ1n) is 6.31. The molecule has 116 valence electrons. The lowest BCUT2D eigenvalue weighted by molar-refractivity contribution is -0.137. The highest BCUT2D eigenvalue weighted by atomic mass is 19.4. The van der Waals surface area contributed by atoms with Crippen LogP contribution in [0.3, 0.4) is 0 Å². The molecule has 0 spiro atoms. The molecular formula is C15H13F3N2O2. The third-order valence-corrected chi connectivity index (χ3v) is 2.94. The second-order valence-electron chi connectivity index (χ2n) is 4.64. The molecule has 22 heavy (non-hydrogen) atoms. The van der Waals surface area contributed by atoms with Crippen molar-refractivity contribution in [3.8, 4) is 5.75 Å². The number of anilines is 1. The molecule has 0 atom stereocenters. The first kappa shape index (κ1) is 15.7. The normalized spacial score (nSPS) is 11.1. The van der Waals surface area contributed by atoms with E-state index in [2.05, 4.69) is 10.9 Å². The molecule has 7 heteroatoms. The lowest BCUT2D eigenvalue weighted by atomic mass is 10.1. The molecule has 2 rings (SSSR count). The van der Waals surface area contributed by atoms with Crippen LogP contribution in [0.5, 0.6) is 5.75 Å². The fraction of sp³-hybridized carbons (Fsp3) is 0.133. The number of hydrazine groups is 1. The van der Waals surface area contributed by atoms with E-state index in [0.29, 0.717) is 0 Å². The van der Waals surface area contributed by atoms with Gasteiger partial charge >= 0.3 is 6.18 Å². The zero-order valence-electron chi connectivity index (χ0n) is 11.5. The number of aryl methyl sites for hydroxylation is 1. The minimum Gasteiger partial charge on any atom is -0.507 e. The number of halogens is 3. The molecule has 1 amide bonds. The summed E-state index contributed by atoms with van der Waals surface area (Å²) in [5.74, 6) is -0.993. The fourth-order valence-corrected chi connectivity index (χ4v) is 1.86. The average molecular weight is 310 g/mol. The predicted molar refractivity (Wildman–Crippen MR) is 75.4 cm³/mol. The standard InChI is InChI=1S/C15H13F3N2O2/c1-9-6-7-13(21)10(8-9)14(22)20-19-12-5-3-2-4-11(12)15(16,17)18/h2-8,19,21H,1H3,(H,20,22). The molecule has 0 aliphatic rings. The Kier molecular flexibility index (Phi) is 4.25. The van der Waals surface area contributed by atoms with E-state index in [1.165, 1.54) is 30.3 Å². The second-order valence-corrected chi connectivity index (χ2v) is 4.64. The van der Waals surface area contributed by atoms with E-state index in [4.69, 9.17) is 0 Å². The van der Waals surface area contributed by atoms with Crippen LogP contribution in [0.25, 0.3) is 0 Å². The van der Waals surface area contributed by atoms with Crippen LogP contribution < -0.4 is 10.9 Å². The van der Waals surface area contributed by atoms with E-state index in [9.17, 15) is 23.1 Å². The van der Waals surface area contributed by atoms with Gasteiger partial charge in [-0.3, -0.25) is 15.6 Å². The summed E-state index contributed by atoms with van der Waals surface area (Å²) in [6.07, 6.45) is -4.54. The number of nitrogens with one attached hydrogen (secondary N) is 2. The maximum atomic E-state index is 12.8. The van der Waals surface area contributed by atoms with Gasteiger partial charge in [0, 0.05) is 0 Å². The molecule has 0 heterocycles. The van der Waals surface area contributed by atoms with Crippen molar-refractivity contribution in [1.29, 1.82) is 0 Å². The largest absolute Gasteiger partial charge is 0.507 e. The number of alkyl halides is 3. The van der Waals surface area contributed by atoms with Crippen LogP contribution in [0, 0.1) is 6.92 Å². The Hall–Kier alpha value is -2.70. The highest BCUT2D eigenvalue weighted by Crippen LogP contribution is 2.34. The van der Waals surface area contributed by atoms with Crippen molar-refractivity contribution in [2.24, 2.45) is 0 Å². The molecule has 0 saturated heterocycles. The number of hydrogen-bond acceptors (Lipinski definition) is 3. The summed E-state index contributed by atoms with van der Waals surface area (Å²) in [4.78, 5) is 11.9. The molecule has 2 aromatic carbocycles. The van der Waals surface area contributed by atoms with E-state index in [0.717, 1.165) is 11.6 Å². The highest BCUT2D eigenvalue weighted by molar-refractivity contribution is 5.97. The molecule has 0 unspecified atom stereocenters. The van der Waals surface area contributed by atoms with Crippen LogP contribution in [-0.2, 0) is 6.18 Å². The summed E-state index contributed by atoms with van der Waals surface area (Å²) in [6, 6.07) is 9.14. The molecule has 0 fully saturated rings. The Morgan fingerprint density at radius 1 is 1.14 bits per heavy atom. The zero-order valence-corrected chi connectivity index (χ0v) is 11.5. The number of benzene rings is 2. The summed E-state index contributed by atoms with van der Waals surface area (Å²) in [5.41, 5.74) is 3.90. The minimum atomic E-state index is -4.54. The molecule has 4 nitrogen and oxygen atoms in total. The fourth-order valence-electron chi connectivity index (χ4n) is 1.86. The smallest absolute Gasteiger partial charge is 0.418 e. The molecular weight excluding hydrogens is 297 g/mol. The van der Waals surface area contributed by atoms with Gasteiger partial charge in [0.15, 0.2) is 0 Å². The molecule has 0 radical (unpaired) electrons. The maximum Gasteiger partial charge on any atom is 0.418 e. The Morgan fingerprint density at radius 2 is 1.82 bits per heavy atom. The van der Waals surface area contributed by atoms with E-state index < -0.39 is 17.6 Å². The first-order valence-corrected chi connectivity index (χ1v) is 6.31. The summed E-state index contributed by atoms with van der Waals surface area (Å²) in [7, 11) is 0. The van der Waals surface area contributed by atoms with Gasteiger partial charge in [-0.05, 0) is 31.2 Å². The van der Waals surface area contributed by atoms with Crippen LogP contribution in [0.2, 0.25) is 0 Å². The Morgan fingerprint density at radius 3 is 2.50 bits per heavy atom. The van der Waals surface area contributed by atoms with Gasteiger partial charge in [0.2, 0.25) is 0 Å². The van der Waals surface area contributed by atoms with Gasteiger partial charge in [-0.15, -0.1) is 0 Å². The van der Waals surface area contributed by atoms with Crippen LogP contribution in [0.4, 0.5) is 18.9 Å². The van der Waals surface area contributed by atoms with E-state index in [1.54, 1.807) is 13.0 Å². The van der Waals surface area contributed by atoms with Crippen LogP contribution in [0.15, 0.2) is 42.5 Å². The third kappa shape index (κ3) is 3.49. The number of carbonyl (C=O) groups is 1. The molecule has 3 N–H and O–H groups in total. The number of hydrogen-bond donors (Lipinski definition) is 3. The maximum absolute atomic E-state index is 12.8. The van der Waals surface area contributed by atoms with E-state index >= 15 is 0 Å². The molecule has 0 aromatic heterocycles. The van der Waals surface area contributed by atoms with Crippen molar-refractivity contribution < 1.29 is 23.1 Å². The van der Waals surface area contributed by atoms with Crippen molar-refractivity contribution >= 4 is 11.6 Å². The average Bonchev–Trinajstić information content (AvgIpc) is 2.46. The summed E-state index contributed by atoms with van der Waals surface area (Å²) < 4.78 is 38.5. The molecule has 0 bridgehead atoms. The van der Waals surface area contributed by atoms with Crippen LogP contribution in [0.1, 0.15) is 21.5 Å². The first-order chi connectivity index (χ1) is 10.3. The second kappa shape index (κ2) is 5.97. The lowest BCUT2D eigenvalue weighted by Crippen LogP contribution is -2.30.